The van der Waals surface area contributed by atoms with E-state index in [2.05, 4.69) is 29.4 Å². The number of hydrogen-bond donors (Lipinski definition) is 1. The highest BCUT2D eigenvalue weighted by Gasteiger charge is 2.19. The van der Waals surface area contributed by atoms with Crippen LogP contribution < -0.4 is 15.0 Å². The minimum atomic E-state index is 0.831. The minimum Gasteiger partial charge on any atom is -0.495 e. The molecule has 3 nitrogen and oxygen atoms in total. The molecule has 0 amide bonds. The van der Waals surface area contributed by atoms with E-state index in [0.29, 0.717) is 0 Å². The van der Waals surface area contributed by atoms with Crippen LogP contribution in [0.4, 0.5) is 5.69 Å². The molecule has 0 heterocycles. The number of rotatable bonds is 8. The maximum Gasteiger partial charge on any atom is 0.142 e. The van der Waals surface area contributed by atoms with Crippen LogP contribution in [0.2, 0.25) is 0 Å². The van der Waals surface area contributed by atoms with Gasteiger partial charge in [-0.3, -0.25) is 0 Å². The maximum atomic E-state index is 5.38. The Morgan fingerprint density at radius 3 is 2.78 bits per heavy atom. The number of nitrogens with zero attached hydrogens (tertiary/aromatic N) is 1. The van der Waals surface area contributed by atoms with Gasteiger partial charge in [-0.2, -0.15) is 0 Å². The molecule has 0 spiro atoms. The number of nitrogens with one attached hydrogen (secondary N) is 1. The lowest BCUT2D eigenvalue weighted by Gasteiger charge is -2.21. The van der Waals surface area contributed by atoms with Crippen LogP contribution in [0.25, 0.3) is 0 Å². The number of anilines is 1. The van der Waals surface area contributed by atoms with Crippen LogP contribution in [0.3, 0.4) is 0 Å². The Hall–Kier alpha value is -1.22. The van der Waals surface area contributed by atoms with Crippen LogP contribution in [-0.2, 0) is 0 Å². The molecular formula is C15H24N2O. The third-order valence-electron chi connectivity index (χ3n) is 3.43. The van der Waals surface area contributed by atoms with Crippen molar-refractivity contribution in [1.82, 2.24) is 5.32 Å². The average molecular weight is 248 g/mol. The topological polar surface area (TPSA) is 24.5 Å². The second-order valence-corrected chi connectivity index (χ2v) is 5.03. The number of ether oxygens (including phenoxy) is 1. The molecule has 1 aliphatic rings. The molecule has 0 atom stereocenters. The summed E-state index contributed by atoms with van der Waals surface area (Å²) in [7, 11) is 3.86. The minimum absolute atomic E-state index is 0.831. The molecule has 1 aliphatic carbocycles. The van der Waals surface area contributed by atoms with Gasteiger partial charge in [0.2, 0.25) is 0 Å². The number of unbranched alkanes of at least 4 members (excludes halogenated alkanes) is 1. The first-order valence-corrected chi connectivity index (χ1v) is 6.89. The Kier molecular flexibility index (Phi) is 4.88. The Bertz CT molecular complexity index is 363. The zero-order valence-electron chi connectivity index (χ0n) is 11.5. The van der Waals surface area contributed by atoms with Gasteiger partial charge in [-0.05, 0) is 44.4 Å². The number of benzene rings is 1. The summed E-state index contributed by atoms with van der Waals surface area (Å²) in [6.45, 7) is 2.23. The molecule has 0 saturated heterocycles. The van der Waals surface area contributed by atoms with Gasteiger partial charge in [-0.1, -0.05) is 12.1 Å². The molecule has 2 rings (SSSR count). The molecule has 1 N–H and O–H groups in total. The lowest BCUT2D eigenvalue weighted by molar-refractivity contribution is 0.414. The molecular weight excluding hydrogens is 224 g/mol. The van der Waals surface area contributed by atoms with Crippen molar-refractivity contribution in [3.05, 3.63) is 24.3 Å². The molecule has 100 valence electrons. The first-order valence-electron chi connectivity index (χ1n) is 6.89. The van der Waals surface area contributed by atoms with Gasteiger partial charge in [0.25, 0.3) is 0 Å². The Morgan fingerprint density at radius 1 is 1.28 bits per heavy atom. The van der Waals surface area contributed by atoms with Crippen molar-refractivity contribution in [1.29, 1.82) is 0 Å². The number of hydrogen-bond acceptors (Lipinski definition) is 3. The number of para-hydroxylation sites is 2. The van der Waals surface area contributed by atoms with Crippen LogP contribution in [0.15, 0.2) is 24.3 Å². The van der Waals surface area contributed by atoms with Crippen molar-refractivity contribution in [2.75, 3.05) is 32.1 Å². The van der Waals surface area contributed by atoms with Crippen LogP contribution in [0.5, 0.6) is 5.75 Å². The standard InChI is InChI=1S/C15H24N2O/c1-17(12-6-5-11-16-13-9-10-13)14-7-3-4-8-15(14)18-2/h3-4,7-8,13,16H,5-6,9-12H2,1-2H3. The quantitative estimate of drug-likeness (QED) is 0.716. The highest BCUT2D eigenvalue weighted by atomic mass is 16.5. The Labute approximate surface area is 110 Å². The third kappa shape index (κ3) is 3.91. The van der Waals surface area contributed by atoms with E-state index in [1.165, 1.54) is 31.4 Å². The molecule has 0 aromatic heterocycles. The summed E-state index contributed by atoms with van der Waals surface area (Å²) in [4.78, 5) is 2.27. The fourth-order valence-corrected chi connectivity index (χ4v) is 2.13. The van der Waals surface area contributed by atoms with Gasteiger partial charge in [0, 0.05) is 19.6 Å². The van der Waals surface area contributed by atoms with E-state index in [9.17, 15) is 0 Å². The lowest BCUT2D eigenvalue weighted by atomic mass is 10.2. The van der Waals surface area contributed by atoms with Crippen molar-refractivity contribution >= 4 is 5.69 Å². The summed E-state index contributed by atoms with van der Waals surface area (Å²) in [5.41, 5.74) is 1.18. The third-order valence-corrected chi connectivity index (χ3v) is 3.43. The predicted octanol–water partition coefficient (Wildman–Crippen LogP) is 2.66. The lowest BCUT2D eigenvalue weighted by Crippen LogP contribution is -2.22. The Morgan fingerprint density at radius 2 is 2.06 bits per heavy atom. The number of methoxy groups -OCH3 is 1. The zero-order chi connectivity index (χ0) is 12.8. The van der Waals surface area contributed by atoms with Crippen LogP contribution in [-0.4, -0.2) is 33.3 Å². The Balaban J connectivity index is 1.70. The predicted molar refractivity (Wildman–Crippen MR) is 76.5 cm³/mol. The highest BCUT2D eigenvalue weighted by molar-refractivity contribution is 5.57. The van der Waals surface area contributed by atoms with E-state index in [4.69, 9.17) is 4.74 Å². The smallest absolute Gasteiger partial charge is 0.142 e. The summed E-state index contributed by atoms with van der Waals surface area (Å²) >= 11 is 0. The van der Waals surface area contributed by atoms with E-state index in [-0.39, 0.29) is 0 Å². The maximum absolute atomic E-state index is 5.38. The summed E-state index contributed by atoms with van der Waals surface area (Å²) in [6, 6.07) is 9.03. The van der Waals surface area contributed by atoms with Crippen molar-refractivity contribution in [3.8, 4) is 5.75 Å². The first-order chi connectivity index (χ1) is 8.81. The zero-order valence-corrected chi connectivity index (χ0v) is 11.5. The van der Waals surface area contributed by atoms with E-state index in [1.54, 1.807) is 7.11 Å². The van der Waals surface area contributed by atoms with Crippen molar-refractivity contribution < 1.29 is 4.74 Å². The molecule has 18 heavy (non-hydrogen) atoms. The van der Waals surface area contributed by atoms with Gasteiger partial charge in [0.1, 0.15) is 5.75 Å². The highest BCUT2D eigenvalue weighted by Crippen LogP contribution is 2.26. The molecule has 3 heteroatoms. The largest absolute Gasteiger partial charge is 0.495 e. The van der Waals surface area contributed by atoms with Crippen molar-refractivity contribution in [2.24, 2.45) is 0 Å². The summed E-state index contributed by atoms with van der Waals surface area (Å²) in [5.74, 6) is 0.955. The molecule has 0 unspecified atom stereocenters. The van der Waals surface area contributed by atoms with E-state index in [1.807, 2.05) is 12.1 Å². The normalized spacial score (nSPS) is 14.6. The molecule has 0 aliphatic heterocycles. The van der Waals surface area contributed by atoms with Crippen LogP contribution in [0, 0.1) is 0 Å². The molecule has 0 radical (unpaired) electrons. The molecule has 1 aromatic rings. The molecule has 1 aromatic carbocycles. The SMILES string of the molecule is COc1ccccc1N(C)CCCCNC1CC1. The fourth-order valence-electron chi connectivity index (χ4n) is 2.13. The molecule has 0 bridgehead atoms. The van der Waals surface area contributed by atoms with Gasteiger partial charge >= 0.3 is 0 Å². The van der Waals surface area contributed by atoms with E-state index in [0.717, 1.165) is 24.9 Å². The van der Waals surface area contributed by atoms with Crippen molar-refractivity contribution in [3.63, 3.8) is 0 Å². The van der Waals surface area contributed by atoms with Gasteiger partial charge < -0.3 is 15.0 Å². The van der Waals surface area contributed by atoms with Crippen LogP contribution in [0.1, 0.15) is 25.7 Å². The molecule has 1 fully saturated rings. The van der Waals surface area contributed by atoms with Crippen molar-refractivity contribution in [2.45, 2.75) is 31.7 Å². The van der Waals surface area contributed by atoms with E-state index < -0.39 is 0 Å². The van der Waals surface area contributed by atoms with Gasteiger partial charge in [-0.15, -0.1) is 0 Å². The van der Waals surface area contributed by atoms with Gasteiger partial charge in [0.05, 0.1) is 12.8 Å². The van der Waals surface area contributed by atoms with Gasteiger partial charge in [-0.25, -0.2) is 0 Å². The monoisotopic (exact) mass is 248 g/mol. The van der Waals surface area contributed by atoms with E-state index >= 15 is 0 Å². The second-order valence-electron chi connectivity index (χ2n) is 5.03. The average Bonchev–Trinajstić information content (AvgIpc) is 3.22. The summed E-state index contributed by atoms with van der Waals surface area (Å²) in [6.07, 6.45) is 5.21. The van der Waals surface area contributed by atoms with Gasteiger partial charge in [0.15, 0.2) is 0 Å². The first kappa shape index (κ1) is 13.2. The second kappa shape index (κ2) is 6.64. The molecule has 1 saturated carbocycles. The summed E-state index contributed by atoms with van der Waals surface area (Å²) in [5, 5.41) is 3.55. The van der Waals surface area contributed by atoms with Crippen LogP contribution >= 0.6 is 0 Å². The summed E-state index contributed by atoms with van der Waals surface area (Å²) < 4.78 is 5.38. The fraction of sp³-hybridized carbons (Fsp3) is 0.600.